The van der Waals surface area contributed by atoms with Crippen molar-refractivity contribution in [3.05, 3.63) is 77.6 Å². The third-order valence-electron chi connectivity index (χ3n) is 4.72. The minimum atomic E-state index is -3.09. The number of sulfone groups is 1. The number of H-pyrrole nitrogens is 1. The molecule has 4 aromatic rings. The van der Waals surface area contributed by atoms with Gasteiger partial charge in [-0.05, 0) is 42.8 Å². The van der Waals surface area contributed by atoms with Crippen LogP contribution >= 0.6 is 0 Å². The molecule has 2 aromatic carbocycles. The molecule has 0 amide bonds. The zero-order chi connectivity index (χ0) is 22.7. The molecule has 166 valence electrons. The van der Waals surface area contributed by atoms with Gasteiger partial charge in [-0.1, -0.05) is 12.1 Å². The van der Waals surface area contributed by atoms with Gasteiger partial charge in [0.1, 0.15) is 18.2 Å². The standard InChI is InChI=1S/C23H22FN3O4S/c1-15-12-18-19(26-15)6-7-20(23(18)24)31-22-8-9-25-21(27-22)14-16-4-3-5-17(13-16)30-10-11-32(2,28)29/h3-9,12-13,26H,10-11,14H2,1-2H3. The Hall–Kier alpha value is -3.46. The van der Waals surface area contributed by atoms with E-state index in [-0.39, 0.29) is 24.0 Å². The third-order valence-corrected chi connectivity index (χ3v) is 5.62. The fourth-order valence-electron chi connectivity index (χ4n) is 3.24. The Morgan fingerprint density at radius 3 is 2.78 bits per heavy atom. The van der Waals surface area contributed by atoms with E-state index in [1.807, 2.05) is 19.1 Å². The molecule has 0 aliphatic rings. The van der Waals surface area contributed by atoms with Crippen LogP contribution in [0.5, 0.6) is 17.4 Å². The number of nitrogens with one attached hydrogen (secondary N) is 1. The van der Waals surface area contributed by atoms with Crippen molar-refractivity contribution in [1.82, 2.24) is 15.0 Å². The van der Waals surface area contributed by atoms with Crippen molar-refractivity contribution in [3.63, 3.8) is 0 Å². The zero-order valence-corrected chi connectivity index (χ0v) is 18.4. The van der Waals surface area contributed by atoms with Gasteiger partial charge in [0.2, 0.25) is 5.88 Å². The van der Waals surface area contributed by atoms with Crippen LogP contribution in [0, 0.1) is 12.7 Å². The highest BCUT2D eigenvalue weighted by Crippen LogP contribution is 2.29. The van der Waals surface area contributed by atoms with Crippen LogP contribution in [-0.4, -0.2) is 42.0 Å². The number of nitrogens with zero attached hydrogens (tertiary/aromatic N) is 2. The molecule has 0 aliphatic heterocycles. The number of aromatic amines is 1. The highest BCUT2D eigenvalue weighted by Gasteiger charge is 2.13. The van der Waals surface area contributed by atoms with Crippen molar-refractivity contribution >= 4 is 20.7 Å². The first-order valence-electron chi connectivity index (χ1n) is 9.94. The topological polar surface area (TPSA) is 94.2 Å². The molecule has 32 heavy (non-hydrogen) atoms. The smallest absolute Gasteiger partial charge is 0.222 e. The molecule has 0 unspecified atom stereocenters. The summed E-state index contributed by atoms with van der Waals surface area (Å²) in [4.78, 5) is 11.7. The predicted octanol–water partition coefficient (Wildman–Crippen LogP) is 4.21. The summed E-state index contributed by atoms with van der Waals surface area (Å²) in [6.45, 7) is 1.95. The maximum absolute atomic E-state index is 14.8. The van der Waals surface area contributed by atoms with Crippen LogP contribution in [0.25, 0.3) is 10.9 Å². The first kappa shape index (κ1) is 21.8. The second kappa shape index (κ2) is 8.96. The number of halogens is 1. The highest BCUT2D eigenvalue weighted by atomic mass is 32.2. The molecule has 2 heterocycles. The molecule has 0 bridgehead atoms. The highest BCUT2D eigenvalue weighted by molar-refractivity contribution is 7.90. The summed E-state index contributed by atoms with van der Waals surface area (Å²) in [5, 5.41) is 0.460. The second-order valence-corrected chi connectivity index (χ2v) is 9.77. The first-order valence-corrected chi connectivity index (χ1v) is 12.0. The minimum Gasteiger partial charge on any atom is -0.493 e. The van der Waals surface area contributed by atoms with Crippen molar-refractivity contribution in [2.45, 2.75) is 13.3 Å². The minimum absolute atomic E-state index is 0.0512. The normalized spacial score (nSPS) is 11.6. The number of benzene rings is 2. The molecule has 7 nitrogen and oxygen atoms in total. The van der Waals surface area contributed by atoms with E-state index >= 15 is 0 Å². The molecule has 0 saturated heterocycles. The van der Waals surface area contributed by atoms with Crippen molar-refractivity contribution in [3.8, 4) is 17.4 Å². The average molecular weight is 456 g/mol. The van der Waals surface area contributed by atoms with E-state index in [0.717, 1.165) is 11.3 Å². The van der Waals surface area contributed by atoms with Crippen LogP contribution in [0.3, 0.4) is 0 Å². The molecule has 4 rings (SSSR count). The average Bonchev–Trinajstić information content (AvgIpc) is 3.11. The summed E-state index contributed by atoms with van der Waals surface area (Å²) in [5.41, 5.74) is 2.45. The van der Waals surface area contributed by atoms with E-state index in [4.69, 9.17) is 9.47 Å². The third kappa shape index (κ3) is 5.42. The van der Waals surface area contributed by atoms with Crippen LogP contribution in [0.1, 0.15) is 17.1 Å². The summed E-state index contributed by atoms with van der Waals surface area (Å²) in [7, 11) is -3.09. The molecule has 2 aromatic heterocycles. The number of ether oxygens (including phenoxy) is 2. The van der Waals surface area contributed by atoms with Gasteiger partial charge in [0.25, 0.3) is 0 Å². The number of aromatic nitrogens is 3. The van der Waals surface area contributed by atoms with Crippen molar-refractivity contribution in [2.75, 3.05) is 18.6 Å². The lowest BCUT2D eigenvalue weighted by Crippen LogP contribution is -2.12. The van der Waals surface area contributed by atoms with Gasteiger partial charge in [0, 0.05) is 41.5 Å². The van der Waals surface area contributed by atoms with Crippen molar-refractivity contribution in [2.24, 2.45) is 0 Å². The molecule has 1 N–H and O–H groups in total. The summed E-state index contributed by atoms with van der Waals surface area (Å²) in [5.74, 6) is 0.879. The van der Waals surface area contributed by atoms with E-state index in [1.54, 1.807) is 42.6 Å². The number of rotatable bonds is 8. The Morgan fingerprint density at radius 1 is 1.12 bits per heavy atom. The molecule has 0 radical (unpaired) electrons. The van der Waals surface area contributed by atoms with E-state index in [0.29, 0.717) is 28.9 Å². The van der Waals surface area contributed by atoms with E-state index in [1.165, 1.54) is 6.26 Å². The van der Waals surface area contributed by atoms with Crippen LogP contribution in [0.15, 0.2) is 54.7 Å². The van der Waals surface area contributed by atoms with Crippen molar-refractivity contribution in [1.29, 1.82) is 0 Å². The van der Waals surface area contributed by atoms with Gasteiger partial charge >= 0.3 is 0 Å². The fraction of sp³-hybridized carbons (Fsp3) is 0.217. The van der Waals surface area contributed by atoms with Gasteiger partial charge in [-0.3, -0.25) is 0 Å². The monoisotopic (exact) mass is 455 g/mol. The SMILES string of the molecule is Cc1cc2c(F)c(Oc3ccnc(Cc4cccc(OCCS(C)(=O)=O)c4)n3)ccc2[nH]1. The molecule has 0 aliphatic carbocycles. The molecule has 0 spiro atoms. The predicted molar refractivity (Wildman–Crippen MR) is 120 cm³/mol. The molecular weight excluding hydrogens is 433 g/mol. The quantitative estimate of drug-likeness (QED) is 0.428. The van der Waals surface area contributed by atoms with Crippen molar-refractivity contribution < 1.29 is 22.3 Å². The van der Waals surface area contributed by atoms with Gasteiger partial charge in [-0.25, -0.2) is 17.8 Å². The molecule has 0 fully saturated rings. The molecule has 0 saturated carbocycles. The molecular formula is C23H22FN3O4S. The largest absolute Gasteiger partial charge is 0.493 e. The van der Waals surface area contributed by atoms with E-state index in [9.17, 15) is 12.8 Å². The van der Waals surface area contributed by atoms with Crippen LogP contribution < -0.4 is 9.47 Å². The molecule has 9 heteroatoms. The Kier molecular flexibility index (Phi) is 6.09. The van der Waals surface area contributed by atoms with Gasteiger partial charge in [0.05, 0.1) is 5.75 Å². The zero-order valence-electron chi connectivity index (χ0n) is 17.6. The van der Waals surface area contributed by atoms with Gasteiger partial charge in [-0.2, -0.15) is 4.98 Å². The molecule has 0 atom stereocenters. The Labute approximate surface area is 185 Å². The van der Waals surface area contributed by atoms with Gasteiger partial charge in [0.15, 0.2) is 21.4 Å². The second-order valence-electron chi connectivity index (χ2n) is 7.51. The lowest BCUT2D eigenvalue weighted by atomic mass is 10.1. The number of hydrogen-bond donors (Lipinski definition) is 1. The first-order chi connectivity index (χ1) is 15.3. The van der Waals surface area contributed by atoms with Crippen LogP contribution in [-0.2, 0) is 16.3 Å². The van der Waals surface area contributed by atoms with Gasteiger partial charge in [-0.15, -0.1) is 0 Å². The van der Waals surface area contributed by atoms with Crippen LogP contribution in [0.4, 0.5) is 4.39 Å². The lowest BCUT2D eigenvalue weighted by molar-refractivity contribution is 0.341. The Bertz CT molecular complexity index is 1370. The Morgan fingerprint density at radius 2 is 1.97 bits per heavy atom. The summed E-state index contributed by atoms with van der Waals surface area (Å²) < 4.78 is 48.5. The van der Waals surface area contributed by atoms with E-state index in [2.05, 4.69) is 15.0 Å². The Balaban J connectivity index is 1.47. The summed E-state index contributed by atoms with van der Waals surface area (Å²) in [6, 6.07) is 13.9. The van der Waals surface area contributed by atoms with Gasteiger partial charge < -0.3 is 14.5 Å². The maximum Gasteiger partial charge on any atom is 0.222 e. The summed E-state index contributed by atoms with van der Waals surface area (Å²) in [6.07, 6.45) is 3.13. The number of aryl methyl sites for hydroxylation is 1. The lowest BCUT2D eigenvalue weighted by Gasteiger charge is -2.09. The fourth-order valence-corrected chi connectivity index (χ4v) is 3.63. The van der Waals surface area contributed by atoms with Crippen LogP contribution in [0.2, 0.25) is 0 Å². The number of fused-ring (bicyclic) bond motifs is 1. The number of hydrogen-bond acceptors (Lipinski definition) is 6. The maximum atomic E-state index is 14.8. The van der Waals surface area contributed by atoms with E-state index < -0.39 is 15.7 Å². The summed E-state index contributed by atoms with van der Waals surface area (Å²) >= 11 is 0.